The van der Waals surface area contributed by atoms with Gasteiger partial charge in [-0.15, -0.1) is 0 Å². The molecular formula is C12H15NO6. The molecular weight excluding hydrogens is 254 g/mol. The van der Waals surface area contributed by atoms with Crippen molar-refractivity contribution in [3.8, 4) is 0 Å². The third-order valence-corrected chi connectivity index (χ3v) is 3.13. The molecule has 1 fully saturated rings. The number of nitro groups is 1. The first kappa shape index (κ1) is 13.9. The van der Waals surface area contributed by atoms with Crippen LogP contribution in [0.2, 0.25) is 0 Å². The van der Waals surface area contributed by atoms with Gasteiger partial charge in [0.05, 0.1) is 36.8 Å². The molecule has 7 nitrogen and oxygen atoms in total. The first-order chi connectivity index (χ1) is 9.10. The zero-order valence-corrected chi connectivity index (χ0v) is 10.2. The average molecular weight is 269 g/mol. The number of nitro benzene ring substituents is 1. The Morgan fingerprint density at radius 2 is 1.74 bits per heavy atom. The summed E-state index contributed by atoms with van der Waals surface area (Å²) >= 11 is 0. The van der Waals surface area contributed by atoms with Gasteiger partial charge in [0, 0.05) is 17.7 Å². The summed E-state index contributed by atoms with van der Waals surface area (Å²) in [6.45, 7) is -0.115. The molecule has 1 aliphatic heterocycles. The molecule has 104 valence electrons. The molecule has 0 aliphatic carbocycles. The molecule has 0 aromatic heterocycles. The van der Waals surface area contributed by atoms with Crippen molar-refractivity contribution >= 4 is 5.69 Å². The van der Waals surface area contributed by atoms with E-state index in [0.29, 0.717) is 5.56 Å². The zero-order valence-electron chi connectivity index (χ0n) is 10.2. The van der Waals surface area contributed by atoms with Crippen molar-refractivity contribution in [2.24, 2.45) is 5.41 Å². The lowest BCUT2D eigenvalue weighted by atomic mass is 9.91. The zero-order chi connectivity index (χ0) is 13.9. The summed E-state index contributed by atoms with van der Waals surface area (Å²) < 4.78 is 10.9. The van der Waals surface area contributed by atoms with Gasteiger partial charge in [-0.3, -0.25) is 10.1 Å². The number of aliphatic hydroxyl groups is 2. The molecule has 0 saturated carbocycles. The molecule has 1 aromatic carbocycles. The minimum Gasteiger partial charge on any atom is -0.396 e. The van der Waals surface area contributed by atoms with Crippen LogP contribution >= 0.6 is 0 Å². The SMILES string of the molecule is O=[N+]([O-])c1ccc(C2OCC(CO)(CO)CO2)cc1. The number of nitrogens with zero attached hydrogens (tertiary/aromatic N) is 1. The van der Waals surface area contributed by atoms with Crippen LogP contribution in [-0.2, 0) is 9.47 Å². The molecule has 2 rings (SSSR count). The average Bonchev–Trinajstić information content (AvgIpc) is 2.47. The van der Waals surface area contributed by atoms with Crippen molar-refractivity contribution in [1.82, 2.24) is 0 Å². The topological polar surface area (TPSA) is 102 Å². The lowest BCUT2D eigenvalue weighted by molar-refractivity contribution is -0.384. The number of benzene rings is 1. The van der Waals surface area contributed by atoms with Crippen molar-refractivity contribution in [3.63, 3.8) is 0 Å². The molecule has 0 spiro atoms. The van der Waals surface area contributed by atoms with Gasteiger partial charge >= 0.3 is 0 Å². The summed E-state index contributed by atoms with van der Waals surface area (Å²) in [4.78, 5) is 10.1. The minimum absolute atomic E-state index is 0.000349. The van der Waals surface area contributed by atoms with Gasteiger partial charge in [0.1, 0.15) is 0 Å². The van der Waals surface area contributed by atoms with Crippen molar-refractivity contribution in [2.45, 2.75) is 6.29 Å². The van der Waals surface area contributed by atoms with E-state index in [1.54, 1.807) is 12.1 Å². The highest BCUT2D eigenvalue weighted by Crippen LogP contribution is 2.31. The maximum Gasteiger partial charge on any atom is 0.269 e. The summed E-state index contributed by atoms with van der Waals surface area (Å²) in [6, 6.07) is 5.88. The third-order valence-electron chi connectivity index (χ3n) is 3.13. The quantitative estimate of drug-likeness (QED) is 0.613. The van der Waals surface area contributed by atoms with E-state index >= 15 is 0 Å². The van der Waals surface area contributed by atoms with Crippen LogP contribution in [-0.4, -0.2) is 41.6 Å². The second kappa shape index (κ2) is 5.62. The Labute approximate surface area is 109 Å². The Morgan fingerprint density at radius 3 is 2.16 bits per heavy atom. The molecule has 0 bridgehead atoms. The van der Waals surface area contributed by atoms with Gasteiger partial charge in [-0.05, 0) is 12.1 Å². The Bertz CT molecular complexity index is 432. The predicted octanol–water partition coefficient (Wildman–Crippen LogP) is 0.611. The van der Waals surface area contributed by atoms with Crippen LogP contribution in [0.5, 0.6) is 0 Å². The van der Waals surface area contributed by atoms with E-state index in [4.69, 9.17) is 9.47 Å². The number of hydrogen-bond donors (Lipinski definition) is 2. The van der Waals surface area contributed by atoms with E-state index < -0.39 is 16.6 Å². The molecule has 1 saturated heterocycles. The van der Waals surface area contributed by atoms with Crippen molar-refractivity contribution < 1.29 is 24.6 Å². The van der Waals surface area contributed by atoms with Gasteiger partial charge in [0.2, 0.25) is 0 Å². The van der Waals surface area contributed by atoms with Crippen LogP contribution in [0.4, 0.5) is 5.69 Å². The van der Waals surface area contributed by atoms with Gasteiger partial charge in [0.25, 0.3) is 5.69 Å². The number of aliphatic hydroxyl groups excluding tert-OH is 2. The molecule has 1 aromatic rings. The smallest absolute Gasteiger partial charge is 0.269 e. The molecule has 7 heteroatoms. The Morgan fingerprint density at radius 1 is 1.21 bits per heavy atom. The summed E-state index contributed by atoms with van der Waals surface area (Å²) in [5.41, 5.74) is -0.119. The molecule has 0 amide bonds. The largest absolute Gasteiger partial charge is 0.396 e. The number of ether oxygens (including phenoxy) is 2. The van der Waals surface area contributed by atoms with Crippen molar-refractivity contribution in [1.29, 1.82) is 0 Å². The highest BCUT2D eigenvalue weighted by atomic mass is 16.7. The van der Waals surface area contributed by atoms with Crippen LogP contribution in [0.25, 0.3) is 0 Å². The third kappa shape index (κ3) is 2.90. The maximum absolute atomic E-state index is 10.5. The standard InChI is InChI=1S/C12H15NO6/c14-5-12(6-15)7-18-11(19-8-12)9-1-3-10(4-2-9)13(16)17/h1-4,11,14-15H,5-8H2. The highest BCUT2D eigenvalue weighted by molar-refractivity contribution is 5.33. The number of rotatable bonds is 4. The molecule has 0 unspecified atom stereocenters. The van der Waals surface area contributed by atoms with Gasteiger partial charge in [-0.25, -0.2) is 0 Å². The van der Waals surface area contributed by atoms with E-state index in [2.05, 4.69) is 0 Å². The lowest BCUT2D eigenvalue weighted by Gasteiger charge is -2.37. The Kier molecular flexibility index (Phi) is 4.11. The molecule has 0 atom stereocenters. The van der Waals surface area contributed by atoms with Gasteiger partial charge in [0.15, 0.2) is 6.29 Å². The summed E-state index contributed by atoms with van der Waals surface area (Å²) in [6.07, 6.45) is -0.632. The van der Waals surface area contributed by atoms with E-state index in [9.17, 15) is 20.3 Å². The van der Waals surface area contributed by atoms with Gasteiger partial charge in [-0.1, -0.05) is 0 Å². The Balaban J connectivity index is 2.03. The van der Waals surface area contributed by atoms with Crippen LogP contribution in [0.15, 0.2) is 24.3 Å². The first-order valence-corrected chi connectivity index (χ1v) is 5.79. The van der Waals surface area contributed by atoms with E-state index in [-0.39, 0.29) is 32.1 Å². The fourth-order valence-corrected chi connectivity index (χ4v) is 1.77. The highest BCUT2D eigenvalue weighted by Gasteiger charge is 2.36. The van der Waals surface area contributed by atoms with Gasteiger partial charge in [-0.2, -0.15) is 0 Å². The Hall–Kier alpha value is -1.54. The van der Waals surface area contributed by atoms with E-state index in [0.717, 1.165) is 0 Å². The monoisotopic (exact) mass is 269 g/mol. The fraction of sp³-hybridized carbons (Fsp3) is 0.500. The first-order valence-electron chi connectivity index (χ1n) is 5.79. The van der Waals surface area contributed by atoms with Crippen LogP contribution in [0.1, 0.15) is 11.9 Å². The second-order valence-electron chi connectivity index (χ2n) is 4.62. The van der Waals surface area contributed by atoms with Crippen LogP contribution in [0, 0.1) is 15.5 Å². The molecule has 2 N–H and O–H groups in total. The van der Waals surface area contributed by atoms with Gasteiger partial charge < -0.3 is 19.7 Å². The minimum atomic E-state index is -0.780. The molecule has 19 heavy (non-hydrogen) atoms. The van der Waals surface area contributed by atoms with Crippen LogP contribution in [0.3, 0.4) is 0 Å². The van der Waals surface area contributed by atoms with E-state index in [1.807, 2.05) is 0 Å². The maximum atomic E-state index is 10.5. The summed E-state index contributed by atoms with van der Waals surface area (Å²) in [5.74, 6) is 0. The number of hydrogen-bond acceptors (Lipinski definition) is 6. The lowest BCUT2D eigenvalue weighted by Crippen LogP contribution is -2.44. The molecule has 1 aliphatic rings. The fourth-order valence-electron chi connectivity index (χ4n) is 1.77. The van der Waals surface area contributed by atoms with E-state index in [1.165, 1.54) is 12.1 Å². The second-order valence-corrected chi connectivity index (χ2v) is 4.62. The number of non-ortho nitro benzene ring substituents is 1. The van der Waals surface area contributed by atoms with Crippen molar-refractivity contribution in [3.05, 3.63) is 39.9 Å². The molecule has 0 radical (unpaired) electrons. The summed E-state index contributed by atoms with van der Waals surface area (Å²) in [7, 11) is 0. The van der Waals surface area contributed by atoms with Crippen LogP contribution < -0.4 is 0 Å². The summed E-state index contributed by atoms with van der Waals surface area (Å²) in [5, 5.41) is 28.9. The predicted molar refractivity (Wildman–Crippen MR) is 64.3 cm³/mol. The molecule has 1 heterocycles. The van der Waals surface area contributed by atoms with Crippen molar-refractivity contribution in [2.75, 3.05) is 26.4 Å². The normalized spacial score (nSPS) is 19.3.